The largest absolute Gasteiger partial charge is 0.278 e. The van der Waals surface area contributed by atoms with Crippen molar-refractivity contribution < 1.29 is 0 Å². The van der Waals surface area contributed by atoms with Crippen LogP contribution in [0.4, 0.5) is 0 Å². The molecule has 0 saturated heterocycles. The second-order valence-electron chi connectivity index (χ2n) is 5.23. The molecular formula is C16H15Cl2N3. The molecule has 3 rings (SSSR count). The second kappa shape index (κ2) is 5.32. The highest BCUT2D eigenvalue weighted by molar-refractivity contribution is 6.32. The molecule has 0 fully saturated rings. The van der Waals surface area contributed by atoms with Gasteiger partial charge in [0.2, 0.25) is 0 Å². The fourth-order valence-electron chi connectivity index (χ4n) is 2.38. The Bertz CT molecular complexity index is 822. The summed E-state index contributed by atoms with van der Waals surface area (Å²) in [6.07, 6.45) is 1.82. The molecule has 21 heavy (non-hydrogen) atoms. The number of alkyl halides is 1. The molecule has 108 valence electrons. The SMILES string of the molecule is Cc1ccc(-n2c(C(C)Cl)nc3cc(C)cnc32)c(Cl)c1. The van der Waals surface area contributed by atoms with E-state index in [0.717, 1.165) is 33.8 Å². The van der Waals surface area contributed by atoms with E-state index in [-0.39, 0.29) is 5.38 Å². The molecular weight excluding hydrogens is 305 g/mol. The van der Waals surface area contributed by atoms with Crippen LogP contribution in [0.3, 0.4) is 0 Å². The highest BCUT2D eigenvalue weighted by Gasteiger charge is 2.19. The van der Waals surface area contributed by atoms with Crippen molar-refractivity contribution in [3.8, 4) is 5.69 Å². The van der Waals surface area contributed by atoms with Crippen molar-refractivity contribution in [1.29, 1.82) is 0 Å². The Morgan fingerprint density at radius 2 is 1.90 bits per heavy atom. The fourth-order valence-corrected chi connectivity index (χ4v) is 2.85. The van der Waals surface area contributed by atoms with Gasteiger partial charge >= 0.3 is 0 Å². The minimum absolute atomic E-state index is 0.239. The van der Waals surface area contributed by atoms with Gasteiger partial charge in [0.1, 0.15) is 11.3 Å². The maximum atomic E-state index is 6.41. The molecule has 0 aliphatic heterocycles. The van der Waals surface area contributed by atoms with E-state index in [1.165, 1.54) is 0 Å². The summed E-state index contributed by atoms with van der Waals surface area (Å²) in [4.78, 5) is 9.13. The quantitative estimate of drug-likeness (QED) is 0.623. The van der Waals surface area contributed by atoms with E-state index in [2.05, 4.69) is 9.97 Å². The molecule has 0 aliphatic rings. The summed E-state index contributed by atoms with van der Waals surface area (Å²) < 4.78 is 1.94. The highest BCUT2D eigenvalue weighted by Crippen LogP contribution is 2.31. The van der Waals surface area contributed by atoms with Gasteiger partial charge in [0.05, 0.1) is 16.1 Å². The van der Waals surface area contributed by atoms with Crippen LogP contribution < -0.4 is 0 Å². The number of imidazole rings is 1. The van der Waals surface area contributed by atoms with E-state index in [1.54, 1.807) is 0 Å². The molecule has 0 bridgehead atoms. The molecule has 5 heteroatoms. The van der Waals surface area contributed by atoms with Gasteiger partial charge in [-0.15, -0.1) is 11.6 Å². The Morgan fingerprint density at radius 1 is 1.14 bits per heavy atom. The van der Waals surface area contributed by atoms with Gasteiger partial charge < -0.3 is 0 Å². The third kappa shape index (κ3) is 2.52. The fraction of sp³-hybridized carbons (Fsp3) is 0.250. The lowest BCUT2D eigenvalue weighted by molar-refractivity contribution is 0.876. The zero-order chi connectivity index (χ0) is 15.1. The molecule has 3 nitrogen and oxygen atoms in total. The van der Waals surface area contributed by atoms with Crippen LogP contribution in [-0.4, -0.2) is 14.5 Å². The summed E-state index contributed by atoms with van der Waals surface area (Å²) >= 11 is 12.7. The minimum atomic E-state index is -0.239. The number of aryl methyl sites for hydroxylation is 2. The van der Waals surface area contributed by atoms with Gasteiger partial charge in [0.25, 0.3) is 0 Å². The van der Waals surface area contributed by atoms with Crippen molar-refractivity contribution in [2.45, 2.75) is 26.1 Å². The third-order valence-electron chi connectivity index (χ3n) is 3.36. The topological polar surface area (TPSA) is 30.7 Å². The maximum Gasteiger partial charge on any atom is 0.164 e. The molecule has 0 radical (unpaired) electrons. The normalized spacial score (nSPS) is 12.8. The smallest absolute Gasteiger partial charge is 0.164 e. The van der Waals surface area contributed by atoms with Gasteiger partial charge in [-0.25, -0.2) is 9.97 Å². The number of pyridine rings is 1. The molecule has 1 unspecified atom stereocenters. The van der Waals surface area contributed by atoms with Crippen LogP contribution in [0, 0.1) is 13.8 Å². The summed E-state index contributed by atoms with van der Waals surface area (Å²) in [5.74, 6) is 0.746. The van der Waals surface area contributed by atoms with E-state index >= 15 is 0 Å². The molecule has 1 atom stereocenters. The molecule has 3 aromatic rings. The summed E-state index contributed by atoms with van der Waals surface area (Å²) in [5.41, 5.74) is 4.62. The molecule has 0 amide bonds. The van der Waals surface area contributed by atoms with Gasteiger partial charge in [-0.3, -0.25) is 4.57 Å². The minimum Gasteiger partial charge on any atom is -0.278 e. The van der Waals surface area contributed by atoms with Crippen molar-refractivity contribution in [3.63, 3.8) is 0 Å². The standard InChI is InChI=1S/C16H15Cl2N3/c1-9-4-5-14(12(18)6-9)21-15(11(3)17)20-13-7-10(2)8-19-16(13)21/h4-8,11H,1-3H3. The molecule has 0 saturated carbocycles. The Balaban J connectivity index is 2.36. The van der Waals surface area contributed by atoms with Crippen LogP contribution in [-0.2, 0) is 0 Å². The van der Waals surface area contributed by atoms with Crippen molar-refractivity contribution in [1.82, 2.24) is 14.5 Å². The van der Waals surface area contributed by atoms with E-state index < -0.39 is 0 Å². The predicted octanol–water partition coefficient (Wildman–Crippen LogP) is 4.99. The summed E-state index contributed by atoms with van der Waals surface area (Å²) in [6, 6.07) is 7.93. The highest BCUT2D eigenvalue weighted by atomic mass is 35.5. The van der Waals surface area contributed by atoms with Gasteiger partial charge in [0, 0.05) is 6.20 Å². The van der Waals surface area contributed by atoms with Gasteiger partial charge in [-0.1, -0.05) is 17.7 Å². The van der Waals surface area contributed by atoms with Crippen LogP contribution in [0.25, 0.3) is 16.9 Å². The molecule has 2 aromatic heterocycles. The molecule has 2 heterocycles. The van der Waals surface area contributed by atoms with Gasteiger partial charge in [-0.05, 0) is 50.1 Å². The van der Waals surface area contributed by atoms with Crippen molar-refractivity contribution in [2.75, 3.05) is 0 Å². The second-order valence-corrected chi connectivity index (χ2v) is 6.29. The number of benzene rings is 1. The van der Waals surface area contributed by atoms with E-state index in [0.29, 0.717) is 5.02 Å². The maximum absolute atomic E-state index is 6.41. The van der Waals surface area contributed by atoms with E-state index in [4.69, 9.17) is 23.2 Å². The molecule has 0 aliphatic carbocycles. The Labute approximate surface area is 133 Å². The van der Waals surface area contributed by atoms with Gasteiger partial charge in [-0.2, -0.15) is 0 Å². The average molecular weight is 320 g/mol. The summed E-state index contributed by atoms with van der Waals surface area (Å²) in [7, 11) is 0. The summed E-state index contributed by atoms with van der Waals surface area (Å²) in [6.45, 7) is 5.90. The van der Waals surface area contributed by atoms with Crippen LogP contribution in [0.15, 0.2) is 30.5 Å². The number of fused-ring (bicyclic) bond motifs is 1. The van der Waals surface area contributed by atoms with Crippen molar-refractivity contribution in [2.24, 2.45) is 0 Å². The number of hydrogen-bond acceptors (Lipinski definition) is 2. The Morgan fingerprint density at radius 3 is 2.57 bits per heavy atom. The Hall–Kier alpha value is -1.58. The predicted molar refractivity (Wildman–Crippen MR) is 87.6 cm³/mol. The van der Waals surface area contributed by atoms with E-state index in [9.17, 15) is 0 Å². The van der Waals surface area contributed by atoms with E-state index in [1.807, 2.05) is 55.8 Å². The number of aromatic nitrogens is 3. The monoisotopic (exact) mass is 319 g/mol. The Kier molecular flexibility index (Phi) is 3.64. The molecule has 0 N–H and O–H groups in total. The van der Waals surface area contributed by atoms with Gasteiger partial charge in [0.15, 0.2) is 5.65 Å². The number of rotatable bonds is 2. The first-order valence-corrected chi connectivity index (χ1v) is 7.54. The van der Waals surface area contributed by atoms with Crippen molar-refractivity contribution >= 4 is 34.4 Å². The van der Waals surface area contributed by atoms with Crippen LogP contribution in [0.2, 0.25) is 5.02 Å². The zero-order valence-corrected chi connectivity index (χ0v) is 13.6. The summed E-state index contributed by atoms with van der Waals surface area (Å²) in [5, 5.41) is 0.423. The number of nitrogens with zero attached hydrogens (tertiary/aromatic N) is 3. The van der Waals surface area contributed by atoms with Crippen LogP contribution >= 0.6 is 23.2 Å². The lowest BCUT2D eigenvalue weighted by atomic mass is 10.2. The lowest BCUT2D eigenvalue weighted by Crippen LogP contribution is -2.03. The lowest BCUT2D eigenvalue weighted by Gasteiger charge is -2.12. The third-order valence-corrected chi connectivity index (χ3v) is 3.86. The average Bonchev–Trinajstić information content (AvgIpc) is 2.77. The number of hydrogen-bond donors (Lipinski definition) is 0. The molecule has 0 spiro atoms. The first-order valence-electron chi connectivity index (χ1n) is 6.73. The van der Waals surface area contributed by atoms with Crippen molar-refractivity contribution in [3.05, 3.63) is 52.4 Å². The number of halogens is 2. The first-order chi connectivity index (χ1) is 9.97. The van der Waals surface area contributed by atoms with Crippen LogP contribution in [0.5, 0.6) is 0 Å². The zero-order valence-electron chi connectivity index (χ0n) is 12.1. The first kappa shape index (κ1) is 14.4. The molecule has 1 aromatic carbocycles. The van der Waals surface area contributed by atoms with Crippen LogP contribution in [0.1, 0.15) is 29.3 Å².